The van der Waals surface area contributed by atoms with Crippen LogP contribution < -0.4 is 0 Å². The van der Waals surface area contributed by atoms with E-state index in [1.807, 2.05) is 31.2 Å². The first-order valence-electron chi connectivity index (χ1n) is 7.12. The van der Waals surface area contributed by atoms with E-state index in [-0.39, 0.29) is 0 Å². The van der Waals surface area contributed by atoms with Crippen LogP contribution in [0.2, 0.25) is 0 Å². The lowest BCUT2D eigenvalue weighted by molar-refractivity contribution is 0.220. The summed E-state index contributed by atoms with van der Waals surface area (Å²) < 4.78 is 1.07. The molecule has 20 heavy (non-hydrogen) atoms. The summed E-state index contributed by atoms with van der Waals surface area (Å²) in [6.45, 7) is 6.37. The minimum absolute atomic E-state index is 0.557. The van der Waals surface area contributed by atoms with Crippen molar-refractivity contribution >= 4 is 15.9 Å². The van der Waals surface area contributed by atoms with Crippen molar-refractivity contribution in [2.75, 3.05) is 0 Å². The molecule has 2 aromatic carbocycles. The second kappa shape index (κ2) is 6.55. The zero-order valence-corrected chi connectivity index (χ0v) is 13.9. The molecule has 1 nitrogen and oxygen atoms in total. The number of hydrogen-bond donors (Lipinski definition) is 1. The molecule has 2 aromatic rings. The van der Waals surface area contributed by atoms with E-state index in [1.54, 1.807) is 0 Å². The molecule has 0 saturated heterocycles. The molecule has 106 valence electrons. The van der Waals surface area contributed by atoms with E-state index >= 15 is 0 Å². The van der Waals surface area contributed by atoms with Crippen molar-refractivity contribution in [2.45, 2.75) is 39.7 Å². The van der Waals surface area contributed by atoms with Crippen molar-refractivity contribution in [2.24, 2.45) is 0 Å². The maximum Gasteiger partial charge on any atom is 0.104 e. The first-order chi connectivity index (χ1) is 9.56. The van der Waals surface area contributed by atoms with Crippen LogP contribution in [-0.2, 0) is 12.8 Å². The summed E-state index contributed by atoms with van der Waals surface area (Å²) in [6, 6.07) is 12.3. The summed E-state index contributed by atoms with van der Waals surface area (Å²) in [5, 5.41) is 10.6. The molecule has 1 atom stereocenters. The standard InChI is InChI=1S/C18H21BrO/c1-4-13-6-7-16(11-14(13)5-2)18(20)15-8-9-17(19)12(3)10-15/h6-11,18,20H,4-5H2,1-3H3. The van der Waals surface area contributed by atoms with Gasteiger partial charge in [0.25, 0.3) is 0 Å². The SMILES string of the molecule is CCc1ccc(C(O)c2ccc(Br)c(C)c2)cc1CC. The highest BCUT2D eigenvalue weighted by Gasteiger charge is 2.13. The van der Waals surface area contributed by atoms with Crippen LogP contribution in [0.4, 0.5) is 0 Å². The molecule has 0 aliphatic carbocycles. The highest BCUT2D eigenvalue weighted by molar-refractivity contribution is 9.10. The van der Waals surface area contributed by atoms with Crippen LogP contribution in [0.1, 0.15) is 47.8 Å². The maximum atomic E-state index is 10.6. The van der Waals surface area contributed by atoms with Gasteiger partial charge in [-0.15, -0.1) is 0 Å². The van der Waals surface area contributed by atoms with Crippen molar-refractivity contribution < 1.29 is 5.11 Å². The second-order valence-corrected chi connectivity index (χ2v) is 6.00. The van der Waals surface area contributed by atoms with Gasteiger partial charge in [0.05, 0.1) is 0 Å². The van der Waals surface area contributed by atoms with Gasteiger partial charge < -0.3 is 5.11 Å². The van der Waals surface area contributed by atoms with E-state index in [9.17, 15) is 5.11 Å². The minimum atomic E-state index is -0.557. The fraction of sp³-hybridized carbons (Fsp3) is 0.333. The zero-order valence-electron chi connectivity index (χ0n) is 12.3. The van der Waals surface area contributed by atoms with Gasteiger partial charge in [0.15, 0.2) is 0 Å². The number of aliphatic hydroxyl groups excluding tert-OH is 1. The molecule has 2 rings (SSSR count). The quantitative estimate of drug-likeness (QED) is 0.838. The summed E-state index contributed by atoms with van der Waals surface area (Å²) >= 11 is 3.49. The Bertz CT molecular complexity index is 604. The molecule has 0 aromatic heterocycles. The van der Waals surface area contributed by atoms with Crippen LogP contribution in [0.5, 0.6) is 0 Å². The Morgan fingerprint density at radius 3 is 2.15 bits per heavy atom. The van der Waals surface area contributed by atoms with Gasteiger partial charge in [-0.3, -0.25) is 0 Å². The smallest absolute Gasteiger partial charge is 0.104 e. The second-order valence-electron chi connectivity index (χ2n) is 5.15. The Labute approximate surface area is 129 Å². The Morgan fingerprint density at radius 1 is 0.950 bits per heavy atom. The molecule has 0 radical (unpaired) electrons. The maximum absolute atomic E-state index is 10.6. The Kier molecular flexibility index (Phi) is 5.00. The first-order valence-corrected chi connectivity index (χ1v) is 7.91. The van der Waals surface area contributed by atoms with E-state index in [1.165, 1.54) is 11.1 Å². The van der Waals surface area contributed by atoms with Gasteiger partial charge in [0.2, 0.25) is 0 Å². The Hall–Kier alpha value is -1.12. The predicted octanol–water partition coefficient (Wildman–Crippen LogP) is 4.96. The van der Waals surface area contributed by atoms with Gasteiger partial charge in [-0.2, -0.15) is 0 Å². The van der Waals surface area contributed by atoms with Gasteiger partial charge in [-0.05, 0) is 53.6 Å². The van der Waals surface area contributed by atoms with Crippen molar-refractivity contribution in [1.82, 2.24) is 0 Å². The highest BCUT2D eigenvalue weighted by atomic mass is 79.9. The van der Waals surface area contributed by atoms with Crippen LogP contribution in [0, 0.1) is 6.92 Å². The van der Waals surface area contributed by atoms with E-state index in [4.69, 9.17) is 0 Å². The third-order valence-electron chi connectivity index (χ3n) is 3.81. The van der Waals surface area contributed by atoms with Crippen LogP contribution in [-0.4, -0.2) is 5.11 Å². The Balaban J connectivity index is 2.37. The van der Waals surface area contributed by atoms with Gasteiger partial charge in [-0.1, -0.05) is 60.1 Å². The molecule has 0 fully saturated rings. The van der Waals surface area contributed by atoms with Crippen molar-refractivity contribution in [3.63, 3.8) is 0 Å². The van der Waals surface area contributed by atoms with Crippen LogP contribution in [0.15, 0.2) is 40.9 Å². The lowest BCUT2D eigenvalue weighted by atomic mass is 9.94. The number of hydrogen-bond acceptors (Lipinski definition) is 1. The van der Waals surface area contributed by atoms with Crippen LogP contribution in [0.3, 0.4) is 0 Å². The molecule has 0 aliphatic heterocycles. The normalized spacial score (nSPS) is 12.4. The van der Waals surface area contributed by atoms with Crippen LogP contribution in [0.25, 0.3) is 0 Å². The average molecular weight is 333 g/mol. The number of aryl methyl sites for hydroxylation is 3. The van der Waals surface area contributed by atoms with E-state index in [2.05, 4.69) is 41.9 Å². The van der Waals surface area contributed by atoms with Crippen molar-refractivity contribution in [1.29, 1.82) is 0 Å². The topological polar surface area (TPSA) is 20.2 Å². The van der Waals surface area contributed by atoms with Gasteiger partial charge in [0, 0.05) is 4.47 Å². The number of aliphatic hydroxyl groups is 1. The molecule has 0 bridgehead atoms. The summed E-state index contributed by atoms with van der Waals surface area (Å²) in [5.74, 6) is 0. The number of benzene rings is 2. The fourth-order valence-corrected chi connectivity index (χ4v) is 2.77. The first kappa shape index (κ1) is 15.3. The molecular weight excluding hydrogens is 312 g/mol. The summed E-state index contributed by atoms with van der Waals surface area (Å²) in [7, 11) is 0. The van der Waals surface area contributed by atoms with E-state index < -0.39 is 6.10 Å². The molecular formula is C18H21BrO. The average Bonchev–Trinajstić information content (AvgIpc) is 2.48. The number of halogens is 1. The summed E-state index contributed by atoms with van der Waals surface area (Å²) in [4.78, 5) is 0. The van der Waals surface area contributed by atoms with Crippen molar-refractivity contribution in [3.8, 4) is 0 Å². The lowest BCUT2D eigenvalue weighted by Crippen LogP contribution is -2.02. The molecule has 0 aliphatic rings. The van der Waals surface area contributed by atoms with Gasteiger partial charge >= 0.3 is 0 Å². The lowest BCUT2D eigenvalue weighted by Gasteiger charge is -2.15. The molecule has 1 unspecified atom stereocenters. The molecule has 0 spiro atoms. The molecule has 2 heteroatoms. The third-order valence-corrected chi connectivity index (χ3v) is 4.70. The molecule has 0 amide bonds. The molecule has 1 N–H and O–H groups in total. The highest BCUT2D eigenvalue weighted by Crippen LogP contribution is 2.27. The van der Waals surface area contributed by atoms with Crippen molar-refractivity contribution in [3.05, 3.63) is 68.7 Å². The third kappa shape index (κ3) is 3.13. The number of rotatable bonds is 4. The molecule has 0 saturated carbocycles. The van der Waals surface area contributed by atoms with E-state index in [0.29, 0.717) is 0 Å². The van der Waals surface area contributed by atoms with E-state index in [0.717, 1.165) is 34.0 Å². The minimum Gasteiger partial charge on any atom is -0.384 e. The zero-order chi connectivity index (χ0) is 14.7. The fourth-order valence-electron chi connectivity index (χ4n) is 2.52. The van der Waals surface area contributed by atoms with Crippen LogP contribution >= 0.6 is 15.9 Å². The summed E-state index contributed by atoms with van der Waals surface area (Å²) in [6.07, 6.45) is 1.48. The predicted molar refractivity (Wildman–Crippen MR) is 88.1 cm³/mol. The van der Waals surface area contributed by atoms with Gasteiger partial charge in [-0.25, -0.2) is 0 Å². The molecule has 0 heterocycles. The summed E-state index contributed by atoms with van der Waals surface area (Å²) in [5.41, 5.74) is 5.76. The Morgan fingerprint density at radius 2 is 1.55 bits per heavy atom. The van der Waals surface area contributed by atoms with Gasteiger partial charge in [0.1, 0.15) is 6.10 Å². The largest absolute Gasteiger partial charge is 0.384 e. The monoisotopic (exact) mass is 332 g/mol.